The summed E-state index contributed by atoms with van der Waals surface area (Å²) >= 11 is 0. The molecule has 1 rings (SSSR count). The van der Waals surface area contributed by atoms with Crippen LogP contribution in [-0.4, -0.2) is 43.8 Å². The Kier molecular flexibility index (Phi) is 7.87. The molecule has 0 aromatic rings. The molecule has 0 aliphatic heterocycles. The van der Waals surface area contributed by atoms with E-state index in [1.165, 1.54) is 38.5 Å². The number of ether oxygens (including phenoxy) is 1. The van der Waals surface area contributed by atoms with Gasteiger partial charge in [-0.15, -0.1) is 0 Å². The highest BCUT2D eigenvalue weighted by atomic mass is 16.5. The number of unbranched alkanes of at least 4 members (excludes halogenated alkanes) is 2. The van der Waals surface area contributed by atoms with Gasteiger partial charge < -0.3 is 10.5 Å². The lowest BCUT2D eigenvalue weighted by Gasteiger charge is -2.36. The predicted octanol–water partition coefficient (Wildman–Crippen LogP) is 2.64. The molecule has 0 amide bonds. The van der Waals surface area contributed by atoms with Gasteiger partial charge in [0.05, 0.1) is 6.61 Å². The summed E-state index contributed by atoms with van der Waals surface area (Å²) in [5.74, 6) is 0.905. The van der Waals surface area contributed by atoms with Gasteiger partial charge in [0, 0.05) is 32.3 Å². The zero-order chi connectivity index (χ0) is 13.4. The average molecular weight is 256 g/mol. The van der Waals surface area contributed by atoms with Gasteiger partial charge in [-0.05, 0) is 32.1 Å². The van der Waals surface area contributed by atoms with Crippen LogP contribution in [-0.2, 0) is 4.74 Å². The van der Waals surface area contributed by atoms with Crippen LogP contribution in [0.1, 0.15) is 52.4 Å². The predicted molar refractivity (Wildman–Crippen MR) is 77.8 cm³/mol. The molecule has 1 aliphatic rings. The van der Waals surface area contributed by atoms with Crippen LogP contribution in [0, 0.1) is 5.92 Å². The molecule has 1 fully saturated rings. The summed E-state index contributed by atoms with van der Waals surface area (Å²) in [6.07, 6.45) is 7.96. The zero-order valence-corrected chi connectivity index (χ0v) is 12.5. The summed E-state index contributed by atoms with van der Waals surface area (Å²) in [5, 5.41) is 0. The number of nitrogens with two attached hydrogens (primary N) is 1. The maximum atomic E-state index is 6.00. The van der Waals surface area contributed by atoms with Crippen LogP contribution in [0.25, 0.3) is 0 Å². The molecule has 1 aliphatic carbocycles. The Balaban J connectivity index is 2.47. The van der Waals surface area contributed by atoms with E-state index < -0.39 is 0 Å². The quantitative estimate of drug-likeness (QED) is 0.578. The van der Waals surface area contributed by atoms with Gasteiger partial charge >= 0.3 is 0 Å². The van der Waals surface area contributed by atoms with Crippen LogP contribution in [0.4, 0.5) is 0 Å². The van der Waals surface area contributed by atoms with Crippen molar-refractivity contribution in [3.63, 3.8) is 0 Å². The van der Waals surface area contributed by atoms with Gasteiger partial charge in [0.15, 0.2) is 0 Å². The molecule has 2 unspecified atom stereocenters. The molecule has 2 atom stereocenters. The Morgan fingerprint density at radius 3 is 2.56 bits per heavy atom. The number of hydrogen-bond donors (Lipinski definition) is 1. The lowest BCUT2D eigenvalue weighted by atomic mass is 10.0. The maximum Gasteiger partial charge on any atom is 0.0589 e. The third-order valence-electron chi connectivity index (χ3n) is 4.26. The minimum atomic E-state index is 0.544. The van der Waals surface area contributed by atoms with Crippen LogP contribution in [0.15, 0.2) is 0 Å². The molecule has 3 heteroatoms. The molecule has 3 nitrogen and oxygen atoms in total. The first-order valence-electron chi connectivity index (χ1n) is 7.69. The highest BCUT2D eigenvalue weighted by Crippen LogP contribution is 2.36. The van der Waals surface area contributed by atoms with E-state index in [1.807, 2.05) is 0 Å². The number of hydrogen-bond acceptors (Lipinski definition) is 3. The molecular weight excluding hydrogens is 224 g/mol. The molecule has 0 spiro atoms. The second kappa shape index (κ2) is 8.89. The fraction of sp³-hybridized carbons (Fsp3) is 1.00. The lowest BCUT2D eigenvalue weighted by molar-refractivity contribution is 0.0791. The van der Waals surface area contributed by atoms with Crippen molar-refractivity contribution in [1.29, 1.82) is 0 Å². The van der Waals surface area contributed by atoms with Gasteiger partial charge in [-0.25, -0.2) is 0 Å². The molecule has 108 valence electrons. The van der Waals surface area contributed by atoms with Crippen LogP contribution in [0.2, 0.25) is 0 Å². The van der Waals surface area contributed by atoms with E-state index in [9.17, 15) is 0 Å². The second-order valence-electron chi connectivity index (χ2n) is 5.69. The number of rotatable bonds is 11. The highest BCUT2D eigenvalue weighted by Gasteiger charge is 2.34. The first kappa shape index (κ1) is 15.9. The monoisotopic (exact) mass is 256 g/mol. The molecule has 0 aromatic carbocycles. The summed E-state index contributed by atoms with van der Waals surface area (Å²) < 4.78 is 5.26. The molecule has 0 aromatic heterocycles. The largest absolute Gasteiger partial charge is 0.383 e. The van der Waals surface area contributed by atoms with E-state index in [0.717, 1.165) is 25.6 Å². The standard InChI is InChI=1S/C15H32N2O/c1-4-5-6-7-15(12-16)17(10-11-18-3)13(2)14-8-9-14/h13-15H,4-12,16H2,1-3H3. The van der Waals surface area contributed by atoms with Crippen molar-refractivity contribution in [3.05, 3.63) is 0 Å². The van der Waals surface area contributed by atoms with E-state index in [1.54, 1.807) is 7.11 Å². The third kappa shape index (κ3) is 5.25. The van der Waals surface area contributed by atoms with Crippen molar-refractivity contribution in [2.45, 2.75) is 64.5 Å². The highest BCUT2D eigenvalue weighted by molar-refractivity contribution is 4.88. The summed E-state index contributed by atoms with van der Waals surface area (Å²) in [7, 11) is 1.79. The van der Waals surface area contributed by atoms with E-state index in [4.69, 9.17) is 10.5 Å². The third-order valence-corrected chi connectivity index (χ3v) is 4.26. The minimum Gasteiger partial charge on any atom is -0.383 e. The smallest absolute Gasteiger partial charge is 0.0589 e. The van der Waals surface area contributed by atoms with Crippen molar-refractivity contribution < 1.29 is 4.74 Å². The first-order chi connectivity index (χ1) is 8.74. The summed E-state index contributed by atoms with van der Waals surface area (Å²) in [5.41, 5.74) is 6.00. The Hall–Kier alpha value is -0.120. The topological polar surface area (TPSA) is 38.5 Å². The molecule has 18 heavy (non-hydrogen) atoms. The van der Waals surface area contributed by atoms with Gasteiger partial charge in [-0.3, -0.25) is 4.90 Å². The SMILES string of the molecule is CCCCCC(CN)N(CCOC)C(C)C1CC1. The fourth-order valence-electron chi connectivity index (χ4n) is 2.81. The van der Waals surface area contributed by atoms with E-state index >= 15 is 0 Å². The van der Waals surface area contributed by atoms with Crippen molar-refractivity contribution in [1.82, 2.24) is 4.90 Å². The van der Waals surface area contributed by atoms with Crippen LogP contribution < -0.4 is 5.73 Å². The van der Waals surface area contributed by atoms with Gasteiger partial charge in [-0.1, -0.05) is 26.2 Å². The van der Waals surface area contributed by atoms with Crippen molar-refractivity contribution in [3.8, 4) is 0 Å². The maximum absolute atomic E-state index is 6.00. The van der Waals surface area contributed by atoms with Gasteiger partial charge in [0.2, 0.25) is 0 Å². The molecule has 0 heterocycles. The Bertz CT molecular complexity index is 207. The van der Waals surface area contributed by atoms with Gasteiger partial charge in [-0.2, -0.15) is 0 Å². The van der Waals surface area contributed by atoms with E-state index in [-0.39, 0.29) is 0 Å². The minimum absolute atomic E-state index is 0.544. The lowest BCUT2D eigenvalue weighted by Crippen LogP contribution is -2.48. The van der Waals surface area contributed by atoms with Crippen LogP contribution in [0.3, 0.4) is 0 Å². The van der Waals surface area contributed by atoms with Crippen LogP contribution >= 0.6 is 0 Å². The Morgan fingerprint density at radius 1 is 1.33 bits per heavy atom. The molecule has 1 saturated carbocycles. The Morgan fingerprint density at radius 2 is 2.06 bits per heavy atom. The Labute approximate surface area is 113 Å². The number of methoxy groups -OCH3 is 1. The summed E-state index contributed by atoms with van der Waals surface area (Å²) in [4.78, 5) is 2.61. The summed E-state index contributed by atoms with van der Waals surface area (Å²) in [6, 6.07) is 1.22. The second-order valence-corrected chi connectivity index (χ2v) is 5.69. The fourth-order valence-corrected chi connectivity index (χ4v) is 2.81. The first-order valence-corrected chi connectivity index (χ1v) is 7.69. The van der Waals surface area contributed by atoms with Crippen molar-refractivity contribution >= 4 is 0 Å². The van der Waals surface area contributed by atoms with E-state index in [0.29, 0.717) is 12.1 Å². The van der Waals surface area contributed by atoms with Crippen LogP contribution in [0.5, 0.6) is 0 Å². The van der Waals surface area contributed by atoms with E-state index in [2.05, 4.69) is 18.7 Å². The van der Waals surface area contributed by atoms with Crippen molar-refractivity contribution in [2.24, 2.45) is 11.7 Å². The molecule has 2 N–H and O–H groups in total. The molecular formula is C15H32N2O. The van der Waals surface area contributed by atoms with Gasteiger partial charge in [0.1, 0.15) is 0 Å². The zero-order valence-electron chi connectivity index (χ0n) is 12.5. The van der Waals surface area contributed by atoms with Gasteiger partial charge in [0.25, 0.3) is 0 Å². The molecule has 0 radical (unpaired) electrons. The normalized spacial score (nSPS) is 19.2. The molecule has 0 saturated heterocycles. The van der Waals surface area contributed by atoms with Crippen molar-refractivity contribution in [2.75, 3.05) is 26.8 Å². The number of nitrogens with zero attached hydrogens (tertiary/aromatic N) is 1. The average Bonchev–Trinajstić information content (AvgIpc) is 3.21. The molecule has 0 bridgehead atoms. The summed E-state index contributed by atoms with van der Waals surface area (Å²) in [6.45, 7) is 7.26.